The summed E-state index contributed by atoms with van der Waals surface area (Å²) in [5.41, 5.74) is -0.792. The van der Waals surface area contributed by atoms with Crippen LogP contribution < -0.4 is 4.72 Å². The highest BCUT2D eigenvalue weighted by atomic mass is 32.2. The Morgan fingerprint density at radius 1 is 1.08 bits per heavy atom. The first-order valence-corrected chi connectivity index (χ1v) is 13.1. The summed E-state index contributed by atoms with van der Waals surface area (Å²) in [5, 5.41) is -0.787. The van der Waals surface area contributed by atoms with E-state index in [1.807, 2.05) is 0 Å². The van der Waals surface area contributed by atoms with Gasteiger partial charge in [0.15, 0.2) is 0 Å². The molecule has 1 amide bonds. The number of rotatable bonds is 7. The van der Waals surface area contributed by atoms with Crippen molar-refractivity contribution >= 4 is 15.9 Å². The van der Waals surface area contributed by atoms with Crippen molar-refractivity contribution in [3.8, 4) is 11.1 Å². The summed E-state index contributed by atoms with van der Waals surface area (Å²) >= 11 is 0. The fraction of sp³-hybridized carbons (Fsp3) is 0.458. The Balaban J connectivity index is 1.52. The zero-order valence-electron chi connectivity index (χ0n) is 18.9. The molecule has 2 aromatic carbocycles. The van der Waals surface area contributed by atoms with Crippen LogP contribution in [-0.2, 0) is 26.0 Å². The molecule has 0 bridgehead atoms. The van der Waals surface area contributed by atoms with Crippen molar-refractivity contribution in [3.05, 3.63) is 59.4 Å². The number of amides is 1. The number of benzene rings is 2. The van der Waals surface area contributed by atoms with Crippen LogP contribution in [0.15, 0.2) is 36.4 Å². The molecular weight excluding hydrogens is 507 g/mol. The van der Waals surface area contributed by atoms with Gasteiger partial charge in [-0.2, -0.15) is 0 Å². The molecule has 3 aliphatic rings. The van der Waals surface area contributed by atoms with Gasteiger partial charge in [-0.25, -0.2) is 35.1 Å². The molecule has 0 spiro atoms. The summed E-state index contributed by atoms with van der Waals surface area (Å²) < 4.78 is 106. The Morgan fingerprint density at radius 2 is 1.81 bits per heavy atom. The lowest BCUT2D eigenvalue weighted by Gasteiger charge is -2.34. The van der Waals surface area contributed by atoms with E-state index in [9.17, 15) is 22.0 Å². The van der Waals surface area contributed by atoms with E-state index in [2.05, 4.69) is 4.72 Å². The number of nitrogens with one attached hydrogen (secondary N) is 1. The van der Waals surface area contributed by atoms with E-state index < -0.39 is 75.7 Å². The minimum Gasteiger partial charge on any atom is -0.368 e. The van der Waals surface area contributed by atoms with Crippen molar-refractivity contribution in [2.24, 2.45) is 0 Å². The van der Waals surface area contributed by atoms with Crippen molar-refractivity contribution in [2.45, 2.75) is 55.0 Å². The summed E-state index contributed by atoms with van der Waals surface area (Å²) in [6.07, 6.45) is -0.406. The largest absolute Gasteiger partial charge is 0.368 e. The number of likely N-dealkylation sites (tertiary alicyclic amines) is 1. The number of carbonyl (C=O) groups is 1. The molecule has 12 heteroatoms. The van der Waals surface area contributed by atoms with Crippen LogP contribution in [0.2, 0.25) is 0 Å². The van der Waals surface area contributed by atoms with Crippen molar-refractivity contribution in [3.63, 3.8) is 0 Å². The van der Waals surface area contributed by atoms with E-state index in [1.165, 1.54) is 18.2 Å². The Kier molecular flexibility index (Phi) is 6.32. The van der Waals surface area contributed by atoms with Crippen molar-refractivity contribution in [1.82, 2.24) is 9.62 Å². The van der Waals surface area contributed by atoms with Crippen LogP contribution in [0.1, 0.15) is 24.8 Å². The maximum atomic E-state index is 15.5. The van der Waals surface area contributed by atoms with Crippen LogP contribution in [0.5, 0.6) is 0 Å². The molecule has 0 radical (unpaired) electrons. The first-order chi connectivity index (χ1) is 17.0. The summed E-state index contributed by atoms with van der Waals surface area (Å²) in [5.74, 6) is -7.01. The lowest BCUT2D eigenvalue weighted by molar-refractivity contribution is -0.158. The van der Waals surface area contributed by atoms with Crippen LogP contribution >= 0.6 is 0 Å². The van der Waals surface area contributed by atoms with Gasteiger partial charge in [-0.15, -0.1) is 0 Å². The molecular formula is C24H23F5N2O4S. The smallest absolute Gasteiger partial charge is 0.283 e. The normalized spacial score (nSPS) is 25.6. The maximum absolute atomic E-state index is 15.5. The minimum absolute atomic E-state index is 0.151. The highest BCUT2D eigenvalue weighted by molar-refractivity contribution is 7.90. The first kappa shape index (κ1) is 25.1. The van der Waals surface area contributed by atoms with Gasteiger partial charge in [0.05, 0.1) is 24.4 Å². The third kappa shape index (κ3) is 4.61. The Bertz CT molecular complexity index is 1300. The molecule has 0 aromatic heterocycles. The summed E-state index contributed by atoms with van der Waals surface area (Å²) in [4.78, 5) is 13.8. The van der Waals surface area contributed by atoms with Crippen LogP contribution in [0.3, 0.4) is 0 Å². The number of halogens is 5. The monoisotopic (exact) mass is 530 g/mol. The number of alkyl halides is 2. The Morgan fingerprint density at radius 3 is 2.44 bits per heavy atom. The fourth-order valence-corrected chi connectivity index (χ4v) is 6.31. The van der Waals surface area contributed by atoms with Gasteiger partial charge in [0.2, 0.25) is 10.0 Å². The SMILES string of the molecule is O=C(C1CCO1)N1CC(F)(F)[C@H](NS(=O)(=O)C2CC2)[C@@H]1Cc1cccc(-c2cc(F)ccc2F)c1F. The average molecular weight is 531 g/mol. The third-order valence-electron chi connectivity index (χ3n) is 6.86. The zero-order valence-corrected chi connectivity index (χ0v) is 19.7. The van der Waals surface area contributed by atoms with Gasteiger partial charge < -0.3 is 9.64 Å². The van der Waals surface area contributed by atoms with Crippen LogP contribution in [0.25, 0.3) is 11.1 Å². The van der Waals surface area contributed by atoms with Crippen molar-refractivity contribution < 1.29 is 39.9 Å². The van der Waals surface area contributed by atoms with Gasteiger partial charge in [0.25, 0.3) is 11.8 Å². The maximum Gasteiger partial charge on any atom is 0.283 e. The Hall–Kier alpha value is -2.57. The number of nitrogens with zero attached hydrogens (tertiary/aromatic N) is 1. The van der Waals surface area contributed by atoms with Crippen LogP contribution in [0, 0.1) is 17.5 Å². The molecule has 2 saturated heterocycles. The zero-order chi connectivity index (χ0) is 25.8. The van der Waals surface area contributed by atoms with E-state index in [-0.39, 0.29) is 16.7 Å². The molecule has 2 aromatic rings. The minimum atomic E-state index is -4.08. The highest BCUT2D eigenvalue weighted by Gasteiger charge is 2.59. The van der Waals surface area contributed by atoms with Gasteiger partial charge in [-0.1, -0.05) is 18.2 Å². The lowest BCUT2D eigenvalue weighted by atomic mass is 9.95. The van der Waals surface area contributed by atoms with Crippen LogP contribution in [-0.4, -0.2) is 61.7 Å². The molecule has 5 rings (SSSR count). The molecule has 2 heterocycles. The van der Waals surface area contributed by atoms with E-state index in [0.717, 1.165) is 23.1 Å². The second-order valence-corrected chi connectivity index (χ2v) is 11.4. The number of sulfonamides is 1. The van der Waals surface area contributed by atoms with Gasteiger partial charge in [-0.05, 0) is 43.0 Å². The van der Waals surface area contributed by atoms with E-state index in [4.69, 9.17) is 4.74 Å². The molecule has 1 saturated carbocycles. The fourth-order valence-electron chi connectivity index (χ4n) is 4.68. The number of carbonyl (C=O) groups excluding carboxylic acids is 1. The van der Waals surface area contributed by atoms with Crippen LogP contribution in [0.4, 0.5) is 22.0 Å². The number of hydrogen-bond donors (Lipinski definition) is 1. The molecule has 36 heavy (non-hydrogen) atoms. The topological polar surface area (TPSA) is 75.7 Å². The standard InChI is InChI=1S/C24H23F5N2O4S/c25-14-4-7-18(26)17(11-14)16-3-1-2-13(21(16)27)10-19-22(30-36(33,34)15-5-6-15)24(28,29)12-31(19)23(32)20-8-9-35-20/h1-4,7,11,15,19-20,22,30H,5-6,8-10,12H2/t19-,20?,22+/m0/s1. The van der Waals surface area contributed by atoms with Crippen molar-refractivity contribution in [2.75, 3.05) is 13.2 Å². The van der Waals surface area contributed by atoms with E-state index in [1.54, 1.807) is 0 Å². The lowest BCUT2D eigenvalue weighted by Crippen LogP contribution is -2.54. The van der Waals surface area contributed by atoms with Crippen molar-refractivity contribution in [1.29, 1.82) is 0 Å². The Labute approximate surface area is 204 Å². The highest BCUT2D eigenvalue weighted by Crippen LogP contribution is 2.39. The quantitative estimate of drug-likeness (QED) is 0.557. The van der Waals surface area contributed by atoms with Gasteiger partial charge >= 0.3 is 0 Å². The predicted octanol–water partition coefficient (Wildman–Crippen LogP) is 3.40. The van der Waals surface area contributed by atoms with Gasteiger partial charge in [0, 0.05) is 17.5 Å². The van der Waals surface area contributed by atoms with E-state index >= 15 is 13.2 Å². The molecule has 3 fully saturated rings. The van der Waals surface area contributed by atoms with Gasteiger partial charge in [0.1, 0.15) is 29.6 Å². The molecule has 194 valence electrons. The molecule has 2 aliphatic heterocycles. The second kappa shape index (κ2) is 9.07. The number of ether oxygens (including phenoxy) is 1. The molecule has 1 aliphatic carbocycles. The predicted molar refractivity (Wildman–Crippen MR) is 119 cm³/mol. The second-order valence-electron chi connectivity index (χ2n) is 9.39. The number of hydrogen-bond acceptors (Lipinski definition) is 4. The third-order valence-corrected chi connectivity index (χ3v) is 8.79. The molecule has 6 nitrogen and oxygen atoms in total. The molecule has 3 atom stereocenters. The first-order valence-electron chi connectivity index (χ1n) is 11.5. The average Bonchev–Trinajstić information content (AvgIpc) is 3.59. The molecule has 1 unspecified atom stereocenters. The summed E-state index contributed by atoms with van der Waals surface area (Å²) in [6.45, 7) is -0.771. The van der Waals surface area contributed by atoms with Gasteiger partial charge in [-0.3, -0.25) is 4.79 Å². The van der Waals surface area contributed by atoms with E-state index in [0.29, 0.717) is 25.9 Å². The summed E-state index contributed by atoms with van der Waals surface area (Å²) in [6, 6.07) is 2.96. The summed E-state index contributed by atoms with van der Waals surface area (Å²) in [7, 11) is -4.08. The molecule has 1 N–H and O–H groups in total.